The van der Waals surface area contributed by atoms with Gasteiger partial charge in [0.05, 0.1) is 11.0 Å². The van der Waals surface area contributed by atoms with Gasteiger partial charge in [0.25, 0.3) is 0 Å². The summed E-state index contributed by atoms with van der Waals surface area (Å²) in [4.78, 5) is 15.0. The van der Waals surface area contributed by atoms with Crippen LogP contribution in [0.4, 0.5) is 0 Å². The Labute approximate surface area is 388 Å². The fourth-order valence-corrected chi connectivity index (χ4v) is 11.7. The van der Waals surface area contributed by atoms with Gasteiger partial charge in [0.1, 0.15) is 0 Å². The van der Waals surface area contributed by atoms with Crippen molar-refractivity contribution in [2.75, 3.05) is 0 Å². The van der Waals surface area contributed by atoms with E-state index in [1.165, 1.54) is 86.6 Å². The minimum atomic E-state index is -0.0939. The summed E-state index contributed by atoms with van der Waals surface area (Å²) in [6, 6.07) is 63.5. The van der Waals surface area contributed by atoms with Gasteiger partial charge in [-0.2, -0.15) is 0 Å². The standard InChI is InChI=1S/C61H46N4S/c1-5-18-43(19-6-2)65-54-33-32-41(35-50(54)51-36-49-46-26-13-14-31-52(46)61(3,4)53(49)37-55(51)65)45-28-17-30-48-47-29-16-27-44(56(47)66-57(45)48)40-24-15-25-42(34-40)60-63-58(38-20-9-7-10-21-38)62-59(64-60)39-22-11-8-12-23-39/h5,7-37H,6H2,1-4H3/b18-5-,43-19+. The van der Waals surface area contributed by atoms with Gasteiger partial charge in [-0.05, 0) is 94.3 Å². The Morgan fingerprint density at radius 3 is 1.68 bits per heavy atom. The summed E-state index contributed by atoms with van der Waals surface area (Å²) in [6.07, 6.45) is 7.70. The summed E-state index contributed by atoms with van der Waals surface area (Å²) in [5, 5.41) is 5.07. The first-order valence-electron chi connectivity index (χ1n) is 22.9. The Morgan fingerprint density at radius 2 is 1.03 bits per heavy atom. The Hall–Kier alpha value is -7.73. The first-order valence-corrected chi connectivity index (χ1v) is 23.7. The van der Waals surface area contributed by atoms with Gasteiger partial charge >= 0.3 is 0 Å². The van der Waals surface area contributed by atoms with E-state index in [0.29, 0.717) is 17.5 Å². The second-order valence-electron chi connectivity index (χ2n) is 17.8. The lowest BCUT2D eigenvalue weighted by Gasteiger charge is -2.21. The zero-order chi connectivity index (χ0) is 44.5. The monoisotopic (exact) mass is 866 g/mol. The zero-order valence-corrected chi connectivity index (χ0v) is 38.2. The van der Waals surface area contributed by atoms with E-state index in [4.69, 9.17) is 15.0 Å². The molecule has 0 aliphatic heterocycles. The molecule has 0 fully saturated rings. The molecule has 3 aromatic heterocycles. The molecular formula is C61H46N4S. The molecule has 0 spiro atoms. The average molecular weight is 867 g/mol. The van der Waals surface area contributed by atoms with E-state index >= 15 is 0 Å². The van der Waals surface area contributed by atoms with Crippen LogP contribution in [-0.2, 0) is 5.41 Å². The van der Waals surface area contributed by atoms with Crippen molar-refractivity contribution in [3.63, 3.8) is 0 Å². The molecule has 1 aliphatic carbocycles. The van der Waals surface area contributed by atoms with Gasteiger partial charge in [0.15, 0.2) is 17.5 Å². The molecule has 316 valence electrons. The lowest BCUT2D eigenvalue weighted by atomic mass is 9.82. The Balaban J connectivity index is 1.01. The molecular weight excluding hydrogens is 821 g/mol. The van der Waals surface area contributed by atoms with Gasteiger partial charge in [0.2, 0.25) is 0 Å². The van der Waals surface area contributed by atoms with Crippen molar-refractivity contribution < 1.29 is 0 Å². The molecule has 12 rings (SSSR count). The van der Waals surface area contributed by atoms with Crippen LogP contribution in [0.3, 0.4) is 0 Å². The molecule has 8 aromatic carbocycles. The number of rotatable bonds is 8. The normalized spacial score (nSPS) is 13.4. The molecule has 0 atom stereocenters. The number of nitrogens with zero attached hydrogens (tertiary/aromatic N) is 4. The molecule has 11 aromatic rings. The fourth-order valence-electron chi connectivity index (χ4n) is 10.3. The summed E-state index contributed by atoms with van der Waals surface area (Å²) in [6.45, 7) is 9.07. The topological polar surface area (TPSA) is 43.6 Å². The molecule has 0 bridgehead atoms. The smallest absolute Gasteiger partial charge is 0.164 e. The highest BCUT2D eigenvalue weighted by Crippen LogP contribution is 2.52. The van der Waals surface area contributed by atoms with Crippen LogP contribution < -0.4 is 0 Å². The van der Waals surface area contributed by atoms with E-state index in [2.05, 4.69) is 166 Å². The van der Waals surface area contributed by atoms with Gasteiger partial charge in [-0.3, -0.25) is 0 Å². The highest BCUT2D eigenvalue weighted by atomic mass is 32.1. The third kappa shape index (κ3) is 6.37. The lowest BCUT2D eigenvalue weighted by molar-refractivity contribution is 0.661. The summed E-state index contributed by atoms with van der Waals surface area (Å²) >= 11 is 1.88. The molecule has 0 amide bonds. The second kappa shape index (κ2) is 15.8. The van der Waals surface area contributed by atoms with Crippen molar-refractivity contribution in [2.45, 2.75) is 39.5 Å². The summed E-state index contributed by atoms with van der Waals surface area (Å²) in [7, 11) is 0. The third-order valence-electron chi connectivity index (χ3n) is 13.4. The van der Waals surface area contributed by atoms with Crippen LogP contribution in [0.25, 0.3) is 115 Å². The van der Waals surface area contributed by atoms with Crippen LogP contribution in [-0.4, -0.2) is 19.5 Å². The fraction of sp³-hybridized carbons (Fsp3) is 0.0984. The quantitative estimate of drug-likeness (QED) is 0.143. The maximum atomic E-state index is 5.05. The number of fused-ring (bicyclic) bond motifs is 9. The number of benzene rings is 8. The van der Waals surface area contributed by atoms with E-state index < -0.39 is 0 Å². The van der Waals surface area contributed by atoms with Crippen molar-refractivity contribution in [1.82, 2.24) is 19.5 Å². The van der Waals surface area contributed by atoms with Crippen LogP contribution in [0.15, 0.2) is 194 Å². The summed E-state index contributed by atoms with van der Waals surface area (Å²) in [5.41, 5.74) is 16.7. The number of allylic oxidation sites excluding steroid dienone is 4. The van der Waals surface area contributed by atoms with Gasteiger partial charge in [-0.1, -0.05) is 179 Å². The minimum Gasteiger partial charge on any atom is -0.310 e. The molecule has 1 aliphatic rings. The molecule has 4 nitrogen and oxygen atoms in total. The molecule has 66 heavy (non-hydrogen) atoms. The predicted octanol–water partition coefficient (Wildman–Crippen LogP) is 16.8. The second-order valence-corrected chi connectivity index (χ2v) is 18.8. The van der Waals surface area contributed by atoms with Crippen molar-refractivity contribution >= 4 is 59.0 Å². The van der Waals surface area contributed by atoms with Gasteiger partial charge in [-0.15, -0.1) is 11.3 Å². The molecule has 5 heteroatoms. The number of hydrogen-bond acceptors (Lipinski definition) is 4. The maximum absolute atomic E-state index is 5.05. The van der Waals surface area contributed by atoms with E-state index in [9.17, 15) is 0 Å². The molecule has 0 saturated heterocycles. The van der Waals surface area contributed by atoms with Crippen molar-refractivity contribution in [3.05, 3.63) is 205 Å². The number of aromatic nitrogens is 4. The highest BCUT2D eigenvalue weighted by molar-refractivity contribution is 7.26. The molecule has 0 N–H and O–H groups in total. The first-order chi connectivity index (χ1) is 32.4. The van der Waals surface area contributed by atoms with Crippen LogP contribution in [0.5, 0.6) is 0 Å². The van der Waals surface area contributed by atoms with E-state index in [1.807, 2.05) is 72.0 Å². The largest absolute Gasteiger partial charge is 0.310 e. The van der Waals surface area contributed by atoms with Crippen molar-refractivity contribution in [3.8, 4) is 67.5 Å². The number of thiophene rings is 1. The van der Waals surface area contributed by atoms with Crippen LogP contribution in [0, 0.1) is 0 Å². The molecule has 0 unspecified atom stereocenters. The lowest BCUT2D eigenvalue weighted by Crippen LogP contribution is -2.15. The van der Waals surface area contributed by atoms with Gasteiger partial charge < -0.3 is 4.57 Å². The Bertz CT molecular complexity index is 3720. The van der Waals surface area contributed by atoms with Crippen LogP contribution in [0.1, 0.15) is 45.2 Å². The van der Waals surface area contributed by atoms with E-state index in [-0.39, 0.29) is 5.41 Å². The van der Waals surface area contributed by atoms with Crippen molar-refractivity contribution in [1.29, 1.82) is 0 Å². The maximum Gasteiger partial charge on any atom is 0.164 e. The molecule has 0 saturated carbocycles. The van der Waals surface area contributed by atoms with Crippen molar-refractivity contribution in [2.24, 2.45) is 0 Å². The zero-order valence-electron chi connectivity index (χ0n) is 37.4. The first kappa shape index (κ1) is 39.8. The molecule has 3 heterocycles. The summed E-state index contributed by atoms with van der Waals surface area (Å²) < 4.78 is 5.03. The van der Waals surface area contributed by atoms with Gasteiger partial charge in [0, 0.05) is 58.7 Å². The number of hydrogen-bond donors (Lipinski definition) is 0. The molecule has 0 radical (unpaired) electrons. The van der Waals surface area contributed by atoms with E-state index in [0.717, 1.165) is 28.7 Å². The Morgan fingerprint density at radius 1 is 0.485 bits per heavy atom. The van der Waals surface area contributed by atoms with E-state index in [1.54, 1.807) is 0 Å². The van der Waals surface area contributed by atoms with Crippen LogP contribution >= 0.6 is 11.3 Å². The minimum absolute atomic E-state index is 0.0939. The third-order valence-corrected chi connectivity index (χ3v) is 14.7. The summed E-state index contributed by atoms with van der Waals surface area (Å²) in [5.74, 6) is 1.95. The highest BCUT2D eigenvalue weighted by Gasteiger charge is 2.36. The average Bonchev–Trinajstić information content (AvgIpc) is 3.98. The van der Waals surface area contributed by atoms with Crippen LogP contribution in [0.2, 0.25) is 0 Å². The SMILES string of the molecule is C/C=C\C(=C/CC)n1c2ccc(-c3cccc4c3sc3c(-c5cccc(-c6nc(-c7ccccc7)nc(-c7ccccc7)n6)c5)cccc34)cc2c2cc3c(cc21)C(C)(C)c1ccccc1-3. The van der Waals surface area contributed by atoms with Gasteiger partial charge in [-0.25, -0.2) is 15.0 Å². The predicted molar refractivity (Wildman–Crippen MR) is 280 cm³/mol. The Kier molecular flexibility index (Phi) is 9.51.